The minimum atomic E-state index is 0.230. The van der Waals surface area contributed by atoms with Crippen molar-refractivity contribution in [2.24, 2.45) is 5.73 Å². The zero-order valence-electron chi connectivity index (χ0n) is 10.2. The van der Waals surface area contributed by atoms with Crippen LogP contribution in [0.15, 0.2) is 24.3 Å². The zero-order valence-corrected chi connectivity index (χ0v) is 11.0. The van der Waals surface area contributed by atoms with Crippen molar-refractivity contribution >= 4 is 17.2 Å². The average Bonchev–Trinajstić information content (AvgIpc) is 2.34. The fraction of sp³-hybridized carbons (Fsp3) is 0.462. The van der Waals surface area contributed by atoms with Gasteiger partial charge in [-0.15, -0.1) is 0 Å². The highest BCUT2D eigenvalue weighted by Crippen LogP contribution is 2.12. The van der Waals surface area contributed by atoms with Crippen LogP contribution in [0.3, 0.4) is 0 Å². The van der Waals surface area contributed by atoms with Crippen molar-refractivity contribution < 1.29 is 5.11 Å². The highest BCUT2D eigenvalue weighted by Gasteiger charge is 2.08. The molecule has 0 aromatic heterocycles. The first kappa shape index (κ1) is 14.1. The Balaban J connectivity index is 2.75. The van der Waals surface area contributed by atoms with Crippen LogP contribution in [0.2, 0.25) is 0 Å². The Morgan fingerprint density at radius 1 is 1.41 bits per heavy atom. The van der Waals surface area contributed by atoms with Gasteiger partial charge >= 0.3 is 0 Å². The van der Waals surface area contributed by atoms with Gasteiger partial charge < -0.3 is 10.8 Å². The lowest BCUT2D eigenvalue weighted by atomic mass is 10.1. The van der Waals surface area contributed by atoms with E-state index in [0.29, 0.717) is 4.99 Å². The summed E-state index contributed by atoms with van der Waals surface area (Å²) in [6, 6.07) is 7.95. The Kier molecular flexibility index (Phi) is 6.11. The summed E-state index contributed by atoms with van der Waals surface area (Å²) in [6.45, 7) is 5.00. The molecule has 0 saturated heterocycles. The summed E-state index contributed by atoms with van der Waals surface area (Å²) in [7, 11) is 0. The Morgan fingerprint density at radius 3 is 2.71 bits per heavy atom. The summed E-state index contributed by atoms with van der Waals surface area (Å²) < 4.78 is 0. The van der Waals surface area contributed by atoms with E-state index in [1.54, 1.807) is 0 Å². The molecule has 0 bridgehead atoms. The monoisotopic (exact) mass is 252 g/mol. The van der Waals surface area contributed by atoms with E-state index in [1.807, 2.05) is 18.2 Å². The van der Waals surface area contributed by atoms with Crippen LogP contribution in [0.4, 0.5) is 0 Å². The fourth-order valence-corrected chi connectivity index (χ4v) is 1.98. The van der Waals surface area contributed by atoms with Gasteiger partial charge in [-0.3, -0.25) is 4.90 Å². The molecule has 0 heterocycles. The predicted molar refractivity (Wildman–Crippen MR) is 75.0 cm³/mol. The SMILES string of the molecule is CCN(CCCO)Cc1ccccc1C(N)=S. The minimum Gasteiger partial charge on any atom is -0.396 e. The van der Waals surface area contributed by atoms with E-state index < -0.39 is 0 Å². The molecule has 3 N–H and O–H groups in total. The fourth-order valence-electron chi connectivity index (χ4n) is 1.78. The molecule has 0 radical (unpaired) electrons. The third-order valence-electron chi connectivity index (χ3n) is 2.76. The standard InChI is InChI=1S/C13H20N2OS/c1-2-15(8-5-9-16)10-11-6-3-4-7-12(11)13(14)17/h3-4,6-7,16H,2,5,8-10H2,1H3,(H2,14,17). The normalized spacial score (nSPS) is 10.8. The molecule has 0 aliphatic heterocycles. The molecule has 17 heavy (non-hydrogen) atoms. The van der Waals surface area contributed by atoms with Gasteiger partial charge in [-0.05, 0) is 18.5 Å². The number of nitrogens with zero attached hydrogens (tertiary/aromatic N) is 1. The molecule has 3 nitrogen and oxygen atoms in total. The summed E-state index contributed by atoms with van der Waals surface area (Å²) in [4.78, 5) is 2.71. The van der Waals surface area contributed by atoms with Crippen LogP contribution in [-0.4, -0.2) is 34.7 Å². The third kappa shape index (κ3) is 4.42. The maximum Gasteiger partial charge on any atom is 0.104 e. The molecular formula is C13H20N2OS. The van der Waals surface area contributed by atoms with Crippen LogP contribution in [0.5, 0.6) is 0 Å². The molecule has 0 unspecified atom stereocenters. The minimum absolute atomic E-state index is 0.230. The van der Waals surface area contributed by atoms with Crippen molar-refractivity contribution in [1.29, 1.82) is 0 Å². The maximum atomic E-state index is 8.85. The van der Waals surface area contributed by atoms with Crippen LogP contribution >= 0.6 is 12.2 Å². The highest BCUT2D eigenvalue weighted by molar-refractivity contribution is 7.80. The molecule has 0 aliphatic carbocycles. The van der Waals surface area contributed by atoms with E-state index in [4.69, 9.17) is 23.1 Å². The number of thiocarbonyl (C=S) groups is 1. The molecule has 4 heteroatoms. The second kappa shape index (κ2) is 7.37. The molecule has 0 fully saturated rings. The molecule has 1 aromatic carbocycles. The van der Waals surface area contributed by atoms with E-state index in [2.05, 4.69) is 17.9 Å². The van der Waals surface area contributed by atoms with Gasteiger partial charge in [0.15, 0.2) is 0 Å². The molecule has 94 valence electrons. The quantitative estimate of drug-likeness (QED) is 0.723. The number of benzene rings is 1. The van der Waals surface area contributed by atoms with Crippen molar-refractivity contribution in [3.8, 4) is 0 Å². The Morgan fingerprint density at radius 2 is 2.12 bits per heavy atom. The summed E-state index contributed by atoms with van der Waals surface area (Å²) >= 11 is 5.05. The molecule has 0 spiro atoms. The lowest BCUT2D eigenvalue weighted by molar-refractivity contribution is 0.225. The van der Waals surface area contributed by atoms with Gasteiger partial charge in [-0.1, -0.05) is 43.4 Å². The van der Waals surface area contributed by atoms with Gasteiger partial charge in [0.05, 0.1) is 0 Å². The van der Waals surface area contributed by atoms with Crippen molar-refractivity contribution in [3.63, 3.8) is 0 Å². The van der Waals surface area contributed by atoms with Gasteiger partial charge in [-0.25, -0.2) is 0 Å². The molecule has 0 aliphatic rings. The molecule has 0 amide bonds. The van der Waals surface area contributed by atoms with Gasteiger partial charge in [0.25, 0.3) is 0 Å². The van der Waals surface area contributed by atoms with Crippen molar-refractivity contribution in [2.45, 2.75) is 19.9 Å². The Bertz CT molecular complexity index is 368. The topological polar surface area (TPSA) is 49.5 Å². The summed E-state index contributed by atoms with van der Waals surface area (Å²) in [6.07, 6.45) is 0.795. The molecule has 1 rings (SSSR count). The van der Waals surface area contributed by atoms with Crippen molar-refractivity contribution in [3.05, 3.63) is 35.4 Å². The number of aliphatic hydroxyl groups is 1. The number of nitrogens with two attached hydrogens (primary N) is 1. The predicted octanol–water partition coefficient (Wildman–Crippen LogP) is 1.53. The summed E-state index contributed by atoms with van der Waals surface area (Å²) in [5.41, 5.74) is 7.81. The van der Waals surface area contributed by atoms with E-state index in [0.717, 1.165) is 37.2 Å². The largest absolute Gasteiger partial charge is 0.396 e. The number of aliphatic hydroxyl groups excluding tert-OH is 1. The molecular weight excluding hydrogens is 232 g/mol. The van der Waals surface area contributed by atoms with Gasteiger partial charge in [0.2, 0.25) is 0 Å². The smallest absolute Gasteiger partial charge is 0.104 e. The molecule has 0 saturated carbocycles. The van der Waals surface area contributed by atoms with E-state index in [-0.39, 0.29) is 6.61 Å². The van der Waals surface area contributed by atoms with Crippen molar-refractivity contribution in [2.75, 3.05) is 19.7 Å². The van der Waals surface area contributed by atoms with Crippen LogP contribution in [0.25, 0.3) is 0 Å². The van der Waals surface area contributed by atoms with Crippen LogP contribution < -0.4 is 5.73 Å². The van der Waals surface area contributed by atoms with Crippen LogP contribution in [0.1, 0.15) is 24.5 Å². The average molecular weight is 252 g/mol. The second-order valence-electron chi connectivity index (χ2n) is 3.97. The first-order chi connectivity index (χ1) is 8.19. The lowest BCUT2D eigenvalue weighted by Crippen LogP contribution is -2.26. The lowest BCUT2D eigenvalue weighted by Gasteiger charge is -2.21. The second-order valence-corrected chi connectivity index (χ2v) is 4.41. The highest BCUT2D eigenvalue weighted by atomic mass is 32.1. The van der Waals surface area contributed by atoms with Gasteiger partial charge in [0.1, 0.15) is 4.99 Å². The maximum absolute atomic E-state index is 8.85. The number of hydrogen-bond donors (Lipinski definition) is 2. The van der Waals surface area contributed by atoms with E-state index >= 15 is 0 Å². The summed E-state index contributed by atoms with van der Waals surface area (Å²) in [5.74, 6) is 0. The number of rotatable bonds is 7. The van der Waals surface area contributed by atoms with Crippen molar-refractivity contribution in [1.82, 2.24) is 4.90 Å². The Labute approximate surface area is 108 Å². The first-order valence-corrected chi connectivity index (χ1v) is 6.30. The first-order valence-electron chi connectivity index (χ1n) is 5.90. The van der Waals surface area contributed by atoms with E-state index in [9.17, 15) is 0 Å². The van der Waals surface area contributed by atoms with Gasteiger partial charge in [0, 0.05) is 25.3 Å². The van der Waals surface area contributed by atoms with E-state index in [1.165, 1.54) is 0 Å². The van der Waals surface area contributed by atoms with Crippen LogP contribution in [0, 0.1) is 0 Å². The summed E-state index contributed by atoms with van der Waals surface area (Å²) in [5, 5.41) is 8.85. The zero-order chi connectivity index (χ0) is 12.7. The Hall–Kier alpha value is -0.970. The third-order valence-corrected chi connectivity index (χ3v) is 2.98. The molecule has 0 atom stereocenters. The van der Waals surface area contributed by atoms with Crippen LogP contribution in [-0.2, 0) is 6.54 Å². The molecule has 1 aromatic rings. The van der Waals surface area contributed by atoms with Gasteiger partial charge in [-0.2, -0.15) is 0 Å². The number of hydrogen-bond acceptors (Lipinski definition) is 3.